The number of nitro groups is 1. The van der Waals surface area contributed by atoms with Crippen LogP contribution < -0.4 is 10.6 Å². The van der Waals surface area contributed by atoms with Gasteiger partial charge in [-0.2, -0.15) is 0 Å². The Morgan fingerprint density at radius 2 is 2.17 bits per heavy atom. The summed E-state index contributed by atoms with van der Waals surface area (Å²) in [6.45, 7) is 7.83. The lowest BCUT2D eigenvalue weighted by Gasteiger charge is -2.25. The molecule has 0 radical (unpaired) electrons. The molecule has 100 valence electrons. The number of nitrogens with zero attached hydrogens (tertiary/aromatic N) is 3. The fourth-order valence-electron chi connectivity index (χ4n) is 1.68. The van der Waals surface area contributed by atoms with Gasteiger partial charge in [-0.3, -0.25) is 10.1 Å². The number of nitrogen functional groups attached to an aromatic ring is 1. The van der Waals surface area contributed by atoms with Crippen LogP contribution in [-0.2, 0) is 0 Å². The smallest absolute Gasteiger partial charge is 0.276 e. The zero-order valence-corrected chi connectivity index (χ0v) is 11.1. The van der Waals surface area contributed by atoms with Crippen LogP contribution in [0.4, 0.5) is 17.3 Å². The third-order valence-electron chi connectivity index (χ3n) is 2.96. The molecule has 0 aromatic carbocycles. The van der Waals surface area contributed by atoms with Crippen LogP contribution >= 0.6 is 0 Å². The molecule has 6 heteroatoms. The molecular formula is C12H20N4O2. The number of nitrogens with two attached hydrogens (primary N) is 1. The van der Waals surface area contributed by atoms with Gasteiger partial charge in [-0.05, 0) is 12.8 Å². The van der Waals surface area contributed by atoms with E-state index in [-0.39, 0.29) is 11.5 Å². The molecule has 0 fully saturated rings. The lowest BCUT2D eigenvalue weighted by atomic mass is 10.1. The van der Waals surface area contributed by atoms with Gasteiger partial charge in [0.2, 0.25) is 0 Å². The molecule has 1 rings (SSSR count). The Hall–Kier alpha value is -1.85. The van der Waals surface area contributed by atoms with Crippen LogP contribution in [0.5, 0.6) is 0 Å². The van der Waals surface area contributed by atoms with Crippen LogP contribution in [0.2, 0.25) is 0 Å². The molecule has 0 aliphatic heterocycles. The fourth-order valence-corrected chi connectivity index (χ4v) is 1.68. The zero-order chi connectivity index (χ0) is 13.7. The number of hydrogen-bond acceptors (Lipinski definition) is 5. The van der Waals surface area contributed by atoms with Crippen LogP contribution in [0.1, 0.15) is 27.2 Å². The Kier molecular flexibility index (Phi) is 4.88. The van der Waals surface area contributed by atoms with Crippen molar-refractivity contribution in [3.8, 4) is 0 Å². The maximum Gasteiger partial charge on any atom is 0.276 e. The van der Waals surface area contributed by atoms with Crippen LogP contribution in [0, 0.1) is 16.0 Å². The number of aromatic nitrogens is 1. The molecule has 1 heterocycles. The first-order valence-electron chi connectivity index (χ1n) is 6.14. The summed E-state index contributed by atoms with van der Waals surface area (Å²) in [6.07, 6.45) is 1.06. The second kappa shape index (κ2) is 6.18. The summed E-state index contributed by atoms with van der Waals surface area (Å²) >= 11 is 0. The highest BCUT2D eigenvalue weighted by Gasteiger charge is 2.15. The topological polar surface area (TPSA) is 85.3 Å². The van der Waals surface area contributed by atoms with Crippen molar-refractivity contribution in [1.29, 1.82) is 0 Å². The minimum absolute atomic E-state index is 0.0138. The van der Waals surface area contributed by atoms with Gasteiger partial charge in [0.05, 0.1) is 17.1 Å². The summed E-state index contributed by atoms with van der Waals surface area (Å²) in [4.78, 5) is 16.5. The maximum absolute atomic E-state index is 10.8. The van der Waals surface area contributed by atoms with E-state index in [1.807, 2.05) is 11.8 Å². The van der Waals surface area contributed by atoms with E-state index >= 15 is 0 Å². The van der Waals surface area contributed by atoms with Crippen molar-refractivity contribution in [2.24, 2.45) is 5.92 Å². The van der Waals surface area contributed by atoms with E-state index in [1.165, 1.54) is 12.1 Å². The molecule has 1 aromatic heterocycles. The normalized spacial score (nSPS) is 12.2. The van der Waals surface area contributed by atoms with E-state index in [0.29, 0.717) is 11.7 Å². The molecule has 6 nitrogen and oxygen atoms in total. The van der Waals surface area contributed by atoms with Crippen molar-refractivity contribution in [2.45, 2.75) is 27.2 Å². The summed E-state index contributed by atoms with van der Waals surface area (Å²) in [5, 5.41) is 10.8. The number of pyridine rings is 1. The van der Waals surface area contributed by atoms with Gasteiger partial charge in [0.1, 0.15) is 11.6 Å². The number of anilines is 2. The van der Waals surface area contributed by atoms with Crippen molar-refractivity contribution in [3.63, 3.8) is 0 Å². The molecular weight excluding hydrogens is 232 g/mol. The van der Waals surface area contributed by atoms with Crippen molar-refractivity contribution >= 4 is 17.3 Å². The zero-order valence-electron chi connectivity index (χ0n) is 11.1. The molecule has 0 bridgehead atoms. The van der Waals surface area contributed by atoms with Crippen molar-refractivity contribution in [3.05, 3.63) is 22.2 Å². The summed E-state index contributed by atoms with van der Waals surface area (Å²) in [6, 6.07) is 2.75. The molecule has 2 N–H and O–H groups in total. The molecule has 1 aromatic rings. The van der Waals surface area contributed by atoms with Gasteiger partial charge in [-0.1, -0.05) is 20.3 Å². The average Bonchev–Trinajstić information content (AvgIpc) is 2.34. The van der Waals surface area contributed by atoms with Crippen LogP contribution in [0.15, 0.2) is 12.1 Å². The third-order valence-corrected chi connectivity index (χ3v) is 2.96. The summed E-state index contributed by atoms with van der Waals surface area (Å²) in [5.41, 5.74) is 5.60. The summed E-state index contributed by atoms with van der Waals surface area (Å²) < 4.78 is 0. The molecule has 1 unspecified atom stereocenters. The van der Waals surface area contributed by atoms with Gasteiger partial charge < -0.3 is 10.6 Å². The van der Waals surface area contributed by atoms with Crippen LogP contribution in [-0.4, -0.2) is 23.0 Å². The highest BCUT2D eigenvalue weighted by Crippen LogP contribution is 2.22. The van der Waals surface area contributed by atoms with Gasteiger partial charge in [0.15, 0.2) is 0 Å². The second-order valence-corrected chi connectivity index (χ2v) is 4.42. The SMILES string of the molecule is CCC(C)CN(CC)c1cc([N+](=O)[O-])cc(N)n1. The third kappa shape index (κ3) is 3.58. The predicted octanol–water partition coefficient (Wildman–Crippen LogP) is 2.44. The minimum atomic E-state index is -0.446. The van der Waals surface area contributed by atoms with Gasteiger partial charge in [0, 0.05) is 13.1 Å². The first kappa shape index (κ1) is 14.2. The lowest BCUT2D eigenvalue weighted by molar-refractivity contribution is -0.384. The first-order valence-corrected chi connectivity index (χ1v) is 6.14. The minimum Gasteiger partial charge on any atom is -0.383 e. The molecule has 0 saturated heterocycles. The van der Waals surface area contributed by atoms with Crippen LogP contribution in [0.25, 0.3) is 0 Å². The molecule has 1 atom stereocenters. The van der Waals surface area contributed by atoms with Crippen molar-refractivity contribution in [2.75, 3.05) is 23.7 Å². The monoisotopic (exact) mass is 252 g/mol. The molecule has 0 spiro atoms. The Balaban J connectivity index is 3.01. The molecule has 18 heavy (non-hydrogen) atoms. The summed E-state index contributed by atoms with van der Waals surface area (Å²) in [5.74, 6) is 1.26. The van der Waals surface area contributed by atoms with Gasteiger partial charge in [0.25, 0.3) is 5.69 Å². The standard InChI is InChI=1S/C12H20N4O2/c1-4-9(3)8-15(5-2)12-7-10(16(17)18)6-11(13)14-12/h6-7,9H,4-5,8H2,1-3H3,(H2,13,14). The first-order chi connectivity index (χ1) is 8.47. The van der Waals surface area contributed by atoms with E-state index in [9.17, 15) is 10.1 Å². The molecule has 0 saturated carbocycles. The lowest BCUT2D eigenvalue weighted by Crippen LogP contribution is -2.29. The van der Waals surface area contributed by atoms with Gasteiger partial charge >= 0.3 is 0 Å². The number of rotatable bonds is 6. The van der Waals surface area contributed by atoms with E-state index < -0.39 is 4.92 Å². The molecule has 0 aliphatic rings. The molecule has 0 amide bonds. The Morgan fingerprint density at radius 3 is 2.67 bits per heavy atom. The quantitative estimate of drug-likeness (QED) is 0.620. The average molecular weight is 252 g/mol. The van der Waals surface area contributed by atoms with E-state index in [2.05, 4.69) is 18.8 Å². The van der Waals surface area contributed by atoms with Gasteiger partial charge in [-0.15, -0.1) is 0 Å². The summed E-state index contributed by atoms with van der Waals surface area (Å²) in [7, 11) is 0. The van der Waals surface area contributed by atoms with E-state index in [0.717, 1.165) is 19.5 Å². The van der Waals surface area contributed by atoms with Gasteiger partial charge in [-0.25, -0.2) is 4.98 Å². The highest BCUT2D eigenvalue weighted by molar-refractivity contribution is 5.54. The van der Waals surface area contributed by atoms with E-state index in [4.69, 9.17) is 5.73 Å². The second-order valence-electron chi connectivity index (χ2n) is 4.42. The predicted molar refractivity (Wildman–Crippen MR) is 72.6 cm³/mol. The maximum atomic E-state index is 10.8. The Morgan fingerprint density at radius 1 is 1.50 bits per heavy atom. The van der Waals surface area contributed by atoms with Crippen molar-refractivity contribution in [1.82, 2.24) is 4.98 Å². The number of hydrogen-bond donors (Lipinski definition) is 1. The highest BCUT2D eigenvalue weighted by atomic mass is 16.6. The fraction of sp³-hybridized carbons (Fsp3) is 0.583. The Labute approximate surface area is 107 Å². The van der Waals surface area contributed by atoms with Crippen LogP contribution in [0.3, 0.4) is 0 Å². The van der Waals surface area contributed by atoms with Crippen molar-refractivity contribution < 1.29 is 4.92 Å². The van der Waals surface area contributed by atoms with E-state index in [1.54, 1.807) is 0 Å². The largest absolute Gasteiger partial charge is 0.383 e. The Bertz CT molecular complexity index is 423. The molecule has 0 aliphatic carbocycles.